The first-order chi connectivity index (χ1) is 9.55. The van der Waals surface area contributed by atoms with Crippen molar-refractivity contribution < 1.29 is 4.74 Å². The first kappa shape index (κ1) is 15.8. The fourth-order valence-corrected chi connectivity index (χ4v) is 3.30. The summed E-state index contributed by atoms with van der Waals surface area (Å²) in [5.41, 5.74) is 2.13. The maximum Gasteiger partial charge on any atom is 0.0847 e. The zero-order valence-corrected chi connectivity index (χ0v) is 13.8. The molecule has 1 aromatic heterocycles. The van der Waals surface area contributed by atoms with E-state index in [1.165, 1.54) is 19.3 Å². The summed E-state index contributed by atoms with van der Waals surface area (Å²) in [5, 5.41) is 8.72. The SMILES string of the molecule is CCn1nc(C)c(Cl)c1CC(CC1(OC)CCC1)NC. The van der Waals surface area contributed by atoms with E-state index in [1.807, 2.05) is 25.8 Å². The highest BCUT2D eigenvalue weighted by molar-refractivity contribution is 6.31. The maximum atomic E-state index is 6.40. The standard InChI is InChI=1S/C15H26ClN3O/c1-5-19-13(14(16)11(2)18-19)9-12(17-3)10-15(20-4)7-6-8-15/h12,17H,5-10H2,1-4H3. The minimum atomic E-state index is 0.0757. The van der Waals surface area contributed by atoms with Crippen molar-refractivity contribution in [2.75, 3.05) is 14.2 Å². The minimum Gasteiger partial charge on any atom is -0.378 e. The molecular formula is C15H26ClN3O. The van der Waals surface area contributed by atoms with Crippen molar-refractivity contribution in [3.63, 3.8) is 0 Å². The number of rotatable bonds is 7. The fraction of sp³-hybridized carbons (Fsp3) is 0.800. The number of nitrogens with zero attached hydrogens (tertiary/aromatic N) is 2. The molecule has 0 aliphatic heterocycles. The highest BCUT2D eigenvalue weighted by atomic mass is 35.5. The lowest BCUT2D eigenvalue weighted by Crippen LogP contribution is -2.46. The largest absolute Gasteiger partial charge is 0.378 e. The van der Waals surface area contributed by atoms with Gasteiger partial charge in [0.15, 0.2) is 0 Å². The van der Waals surface area contributed by atoms with E-state index in [0.29, 0.717) is 6.04 Å². The molecule has 1 saturated carbocycles. The van der Waals surface area contributed by atoms with Crippen molar-refractivity contribution in [3.8, 4) is 0 Å². The van der Waals surface area contributed by atoms with Crippen LogP contribution in [-0.2, 0) is 17.7 Å². The molecule has 1 unspecified atom stereocenters. The van der Waals surface area contributed by atoms with E-state index in [1.54, 1.807) is 0 Å². The van der Waals surface area contributed by atoms with Gasteiger partial charge in [-0.15, -0.1) is 0 Å². The third-order valence-corrected chi connectivity index (χ3v) is 5.11. The molecule has 1 aliphatic carbocycles. The summed E-state index contributed by atoms with van der Waals surface area (Å²) < 4.78 is 7.76. The molecular weight excluding hydrogens is 274 g/mol. The van der Waals surface area contributed by atoms with E-state index >= 15 is 0 Å². The second-order valence-corrected chi connectivity index (χ2v) is 6.17. The van der Waals surface area contributed by atoms with E-state index in [-0.39, 0.29) is 5.60 Å². The maximum absolute atomic E-state index is 6.40. The van der Waals surface area contributed by atoms with Crippen molar-refractivity contribution in [2.24, 2.45) is 0 Å². The lowest BCUT2D eigenvalue weighted by atomic mass is 9.75. The number of aryl methyl sites for hydroxylation is 2. The molecule has 5 heteroatoms. The van der Waals surface area contributed by atoms with Crippen LogP contribution in [0.1, 0.15) is 44.0 Å². The summed E-state index contributed by atoms with van der Waals surface area (Å²) >= 11 is 6.40. The summed E-state index contributed by atoms with van der Waals surface area (Å²) in [7, 11) is 3.85. The Morgan fingerprint density at radius 1 is 1.50 bits per heavy atom. The van der Waals surface area contributed by atoms with Gasteiger partial charge in [0, 0.05) is 26.1 Å². The van der Waals surface area contributed by atoms with Crippen molar-refractivity contribution in [1.29, 1.82) is 0 Å². The summed E-state index contributed by atoms with van der Waals surface area (Å²) in [6.45, 7) is 4.92. The summed E-state index contributed by atoms with van der Waals surface area (Å²) in [4.78, 5) is 0. The molecule has 0 amide bonds. The first-order valence-corrected chi connectivity index (χ1v) is 7.87. The van der Waals surface area contributed by atoms with Crippen molar-refractivity contribution in [1.82, 2.24) is 15.1 Å². The van der Waals surface area contributed by atoms with E-state index in [9.17, 15) is 0 Å². The monoisotopic (exact) mass is 299 g/mol. The van der Waals surface area contributed by atoms with Gasteiger partial charge in [0.1, 0.15) is 0 Å². The number of likely N-dealkylation sites (N-methyl/N-ethyl adjacent to an activating group) is 1. The lowest BCUT2D eigenvalue weighted by molar-refractivity contribution is -0.0831. The number of hydrogen-bond donors (Lipinski definition) is 1. The summed E-state index contributed by atoms with van der Waals surface area (Å²) in [6, 6.07) is 0.370. The van der Waals surface area contributed by atoms with Gasteiger partial charge in [-0.3, -0.25) is 4.68 Å². The van der Waals surface area contributed by atoms with Gasteiger partial charge < -0.3 is 10.1 Å². The number of hydrogen-bond acceptors (Lipinski definition) is 3. The molecule has 1 atom stereocenters. The third kappa shape index (κ3) is 3.02. The van der Waals surface area contributed by atoms with Crippen LogP contribution in [0.15, 0.2) is 0 Å². The van der Waals surface area contributed by atoms with Gasteiger partial charge in [-0.05, 0) is 46.6 Å². The molecule has 0 bridgehead atoms. The van der Waals surface area contributed by atoms with Crippen molar-refractivity contribution in [3.05, 3.63) is 16.4 Å². The molecule has 1 N–H and O–H groups in total. The number of halogens is 1. The Labute approximate surface area is 126 Å². The van der Waals surface area contributed by atoms with Crippen LogP contribution in [0.3, 0.4) is 0 Å². The van der Waals surface area contributed by atoms with Crippen LogP contribution < -0.4 is 5.32 Å². The Balaban J connectivity index is 2.10. The second kappa shape index (κ2) is 6.46. The molecule has 1 aliphatic rings. The average Bonchev–Trinajstić information content (AvgIpc) is 2.68. The summed E-state index contributed by atoms with van der Waals surface area (Å²) in [6.07, 6.45) is 5.54. The van der Waals surface area contributed by atoms with Gasteiger partial charge >= 0.3 is 0 Å². The van der Waals surface area contributed by atoms with Crippen molar-refractivity contribution >= 4 is 11.6 Å². The topological polar surface area (TPSA) is 39.1 Å². The van der Waals surface area contributed by atoms with Crippen LogP contribution in [-0.4, -0.2) is 35.6 Å². The molecule has 20 heavy (non-hydrogen) atoms. The number of methoxy groups -OCH3 is 1. The summed E-state index contributed by atoms with van der Waals surface area (Å²) in [5.74, 6) is 0. The smallest absolute Gasteiger partial charge is 0.0847 e. The van der Waals surface area contributed by atoms with Gasteiger partial charge in [0.2, 0.25) is 0 Å². The predicted octanol–water partition coefficient (Wildman–Crippen LogP) is 2.95. The third-order valence-electron chi connectivity index (χ3n) is 4.62. The Kier molecular flexibility index (Phi) is 5.10. The molecule has 0 saturated heterocycles. The highest BCUT2D eigenvalue weighted by Crippen LogP contribution is 2.39. The van der Waals surface area contributed by atoms with Crippen LogP contribution in [0.4, 0.5) is 0 Å². The molecule has 1 heterocycles. The number of nitrogens with one attached hydrogen (secondary N) is 1. The quantitative estimate of drug-likeness (QED) is 0.841. The van der Waals surface area contributed by atoms with Crippen LogP contribution >= 0.6 is 11.6 Å². The molecule has 0 aromatic carbocycles. The number of ether oxygens (including phenoxy) is 1. The van der Waals surface area contributed by atoms with Crippen LogP contribution in [0.2, 0.25) is 5.02 Å². The predicted molar refractivity (Wildman–Crippen MR) is 82.4 cm³/mol. The zero-order valence-electron chi connectivity index (χ0n) is 13.0. The Morgan fingerprint density at radius 3 is 2.65 bits per heavy atom. The number of aromatic nitrogens is 2. The second-order valence-electron chi connectivity index (χ2n) is 5.80. The van der Waals surface area contributed by atoms with Gasteiger partial charge in [0.25, 0.3) is 0 Å². The molecule has 4 nitrogen and oxygen atoms in total. The fourth-order valence-electron chi connectivity index (χ4n) is 3.09. The van der Waals surface area contributed by atoms with Crippen LogP contribution in [0.25, 0.3) is 0 Å². The zero-order chi connectivity index (χ0) is 14.8. The van der Waals surface area contributed by atoms with E-state index < -0.39 is 0 Å². The highest BCUT2D eigenvalue weighted by Gasteiger charge is 2.39. The molecule has 0 radical (unpaired) electrons. The van der Waals surface area contributed by atoms with Gasteiger partial charge in [-0.2, -0.15) is 5.10 Å². The molecule has 2 rings (SSSR count). The van der Waals surface area contributed by atoms with Crippen LogP contribution in [0.5, 0.6) is 0 Å². The van der Waals surface area contributed by atoms with E-state index in [4.69, 9.17) is 16.3 Å². The molecule has 1 aromatic rings. The normalized spacial score (nSPS) is 18.9. The molecule has 1 fully saturated rings. The van der Waals surface area contributed by atoms with Gasteiger partial charge in [-0.25, -0.2) is 0 Å². The van der Waals surface area contributed by atoms with E-state index in [0.717, 1.165) is 35.8 Å². The first-order valence-electron chi connectivity index (χ1n) is 7.49. The Morgan fingerprint density at radius 2 is 2.20 bits per heavy atom. The Bertz CT molecular complexity index is 449. The average molecular weight is 300 g/mol. The molecule has 114 valence electrons. The lowest BCUT2D eigenvalue weighted by Gasteiger charge is -2.42. The van der Waals surface area contributed by atoms with Gasteiger partial charge in [0.05, 0.1) is 22.0 Å². The molecule has 0 spiro atoms. The van der Waals surface area contributed by atoms with Crippen molar-refractivity contribution in [2.45, 2.75) is 64.1 Å². The minimum absolute atomic E-state index is 0.0757. The Hall–Kier alpha value is -0.580. The van der Waals surface area contributed by atoms with E-state index in [2.05, 4.69) is 17.3 Å². The van der Waals surface area contributed by atoms with Crippen LogP contribution in [0, 0.1) is 6.92 Å². The van der Waals surface area contributed by atoms with Gasteiger partial charge in [-0.1, -0.05) is 11.6 Å².